The molecule has 1 aromatic carbocycles. The Bertz CT molecular complexity index is 329. The van der Waals surface area contributed by atoms with Crippen LogP contribution in [0.2, 0.25) is 0 Å². The molecule has 0 aliphatic heterocycles. The zero-order valence-electron chi connectivity index (χ0n) is 12.9. The third-order valence-electron chi connectivity index (χ3n) is 3.47. The highest BCUT2D eigenvalue weighted by Gasteiger charge is 2.02. The fourth-order valence-electron chi connectivity index (χ4n) is 2.26. The molecule has 1 rings (SSSR count). The van der Waals surface area contributed by atoms with Gasteiger partial charge in [0.2, 0.25) is 0 Å². The molecule has 0 aromatic heterocycles. The minimum Gasteiger partial charge on any atom is -0.493 e. The maximum atomic E-state index is 5.90. The van der Waals surface area contributed by atoms with Crippen molar-refractivity contribution in [3.05, 3.63) is 29.3 Å². The highest BCUT2D eigenvalue weighted by atomic mass is 16.5. The Balaban J connectivity index is 2.05. The van der Waals surface area contributed by atoms with Crippen LogP contribution in [0.15, 0.2) is 18.2 Å². The minimum atomic E-state index is 0.848. The Morgan fingerprint density at radius 1 is 0.947 bits per heavy atom. The molecular weight excluding hydrogens is 234 g/mol. The van der Waals surface area contributed by atoms with E-state index in [1.807, 2.05) is 0 Å². The van der Waals surface area contributed by atoms with Gasteiger partial charge in [-0.1, -0.05) is 31.5 Å². The van der Waals surface area contributed by atoms with Crippen molar-refractivity contribution in [3.8, 4) is 5.75 Å². The Morgan fingerprint density at radius 2 is 1.63 bits per heavy atom. The fraction of sp³-hybridized carbons (Fsp3) is 0.647. The first-order chi connectivity index (χ1) is 9.25. The first kappa shape index (κ1) is 16.0. The Morgan fingerprint density at radius 3 is 2.32 bits per heavy atom. The molecule has 2 N–H and O–H groups in total. The van der Waals surface area contributed by atoms with Gasteiger partial charge in [0, 0.05) is 0 Å². The number of para-hydroxylation sites is 1. The zero-order chi connectivity index (χ0) is 13.9. The van der Waals surface area contributed by atoms with Crippen molar-refractivity contribution in [2.24, 2.45) is 0 Å². The Hall–Kier alpha value is -1.02. The summed E-state index contributed by atoms with van der Waals surface area (Å²) in [6.07, 6.45) is 6.39. The average Bonchev–Trinajstić information content (AvgIpc) is 2.40. The maximum absolute atomic E-state index is 5.90. The predicted octanol–water partition coefficient (Wildman–Crippen LogP) is 3.22. The molecule has 0 atom stereocenters. The summed E-state index contributed by atoms with van der Waals surface area (Å²) in [6, 6.07) is 6.32. The van der Waals surface area contributed by atoms with E-state index >= 15 is 0 Å². The summed E-state index contributed by atoms with van der Waals surface area (Å²) in [5.41, 5.74) is 2.49. The molecule has 2 nitrogen and oxygen atoms in total. The van der Waals surface area contributed by atoms with Crippen LogP contribution < -0.4 is 10.1 Å². The van der Waals surface area contributed by atoms with Crippen molar-refractivity contribution < 1.29 is 10.1 Å². The summed E-state index contributed by atoms with van der Waals surface area (Å²) in [5.74, 6) is 1.08. The molecule has 0 saturated heterocycles. The van der Waals surface area contributed by atoms with Crippen molar-refractivity contribution in [1.82, 2.24) is 0 Å². The molecule has 0 saturated carbocycles. The van der Waals surface area contributed by atoms with E-state index in [4.69, 9.17) is 4.74 Å². The average molecular weight is 264 g/mol. The molecular formula is C17H30NO+. The monoisotopic (exact) mass is 264 g/mol. The second-order valence-corrected chi connectivity index (χ2v) is 5.35. The van der Waals surface area contributed by atoms with Crippen LogP contribution in [0.4, 0.5) is 0 Å². The standard InChI is InChI=1S/C17H29NO/c1-4-5-12-18-13-7-6-8-14-19-17-15(2)10-9-11-16(17)3/h9-11,18H,4-8,12-14H2,1-3H3/p+1. The van der Waals surface area contributed by atoms with Crippen molar-refractivity contribution >= 4 is 0 Å². The molecule has 1 aromatic rings. The number of rotatable bonds is 10. The number of quaternary nitrogens is 1. The summed E-state index contributed by atoms with van der Waals surface area (Å²) in [5, 5.41) is 2.44. The molecule has 0 spiro atoms. The van der Waals surface area contributed by atoms with Crippen LogP contribution in [0, 0.1) is 13.8 Å². The van der Waals surface area contributed by atoms with E-state index in [0.717, 1.165) is 18.8 Å². The number of nitrogens with two attached hydrogens (primary N) is 1. The van der Waals surface area contributed by atoms with Gasteiger partial charge in [0.1, 0.15) is 5.75 Å². The van der Waals surface area contributed by atoms with Gasteiger partial charge in [-0.05, 0) is 50.7 Å². The minimum absolute atomic E-state index is 0.848. The normalized spacial score (nSPS) is 10.7. The quantitative estimate of drug-likeness (QED) is 0.645. The third kappa shape index (κ3) is 6.63. The maximum Gasteiger partial charge on any atom is 0.125 e. The van der Waals surface area contributed by atoms with Crippen LogP contribution in [-0.2, 0) is 0 Å². The largest absolute Gasteiger partial charge is 0.493 e. The van der Waals surface area contributed by atoms with E-state index in [1.54, 1.807) is 0 Å². The first-order valence-electron chi connectivity index (χ1n) is 7.76. The molecule has 19 heavy (non-hydrogen) atoms. The van der Waals surface area contributed by atoms with E-state index in [9.17, 15) is 0 Å². The third-order valence-corrected chi connectivity index (χ3v) is 3.47. The van der Waals surface area contributed by atoms with Gasteiger partial charge >= 0.3 is 0 Å². The summed E-state index contributed by atoms with van der Waals surface area (Å²) in [7, 11) is 0. The van der Waals surface area contributed by atoms with Gasteiger partial charge in [-0.25, -0.2) is 0 Å². The molecule has 108 valence electrons. The zero-order valence-corrected chi connectivity index (χ0v) is 12.9. The second-order valence-electron chi connectivity index (χ2n) is 5.35. The molecule has 0 aliphatic carbocycles. The lowest BCUT2D eigenvalue weighted by Crippen LogP contribution is -2.84. The number of ether oxygens (including phenoxy) is 1. The van der Waals surface area contributed by atoms with Gasteiger partial charge in [-0.2, -0.15) is 0 Å². The van der Waals surface area contributed by atoms with Gasteiger partial charge in [0.05, 0.1) is 19.7 Å². The van der Waals surface area contributed by atoms with E-state index in [2.05, 4.69) is 44.3 Å². The van der Waals surface area contributed by atoms with Gasteiger partial charge in [-0.15, -0.1) is 0 Å². The molecule has 0 unspecified atom stereocenters. The van der Waals surface area contributed by atoms with Crippen LogP contribution >= 0.6 is 0 Å². The van der Waals surface area contributed by atoms with Crippen molar-refractivity contribution in [2.45, 2.75) is 52.9 Å². The number of hydrogen-bond acceptors (Lipinski definition) is 1. The number of hydrogen-bond donors (Lipinski definition) is 1. The van der Waals surface area contributed by atoms with Crippen LogP contribution in [0.1, 0.15) is 50.2 Å². The van der Waals surface area contributed by atoms with Gasteiger partial charge in [0.25, 0.3) is 0 Å². The van der Waals surface area contributed by atoms with Crippen LogP contribution in [0.3, 0.4) is 0 Å². The predicted molar refractivity (Wildman–Crippen MR) is 81.8 cm³/mol. The fourth-order valence-corrected chi connectivity index (χ4v) is 2.26. The lowest BCUT2D eigenvalue weighted by Gasteiger charge is -2.11. The van der Waals surface area contributed by atoms with E-state index in [1.165, 1.54) is 49.9 Å². The highest BCUT2D eigenvalue weighted by molar-refractivity contribution is 5.39. The highest BCUT2D eigenvalue weighted by Crippen LogP contribution is 2.22. The number of benzene rings is 1. The summed E-state index contributed by atoms with van der Waals surface area (Å²) < 4.78 is 5.90. The topological polar surface area (TPSA) is 25.8 Å². The van der Waals surface area contributed by atoms with Gasteiger partial charge < -0.3 is 10.1 Å². The number of aryl methyl sites for hydroxylation is 2. The summed E-state index contributed by atoms with van der Waals surface area (Å²) in [4.78, 5) is 0. The SMILES string of the molecule is CCCC[NH2+]CCCCCOc1c(C)cccc1C. The molecule has 0 bridgehead atoms. The van der Waals surface area contributed by atoms with Gasteiger partial charge in [0.15, 0.2) is 0 Å². The smallest absolute Gasteiger partial charge is 0.125 e. The lowest BCUT2D eigenvalue weighted by molar-refractivity contribution is -0.655. The molecule has 0 radical (unpaired) electrons. The lowest BCUT2D eigenvalue weighted by atomic mass is 10.1. The van der Waals surface area contributed by atoms with Crippen molar-refractivity contribution in [1.29, 1.82) is 0 Å². The Labute approximate surface area is 118 Å². The van der Waals surface area contributed by atoms with E-state index < -0.39 is 0 Å². The molecule has 0 aliphatic rings. The van der Waals surface area contributed by atoms with E-state index in [0.29, 0.717) is 0 Å². The summed E-state index contributed by atoms with van der Waals surface area (Å²) >= 11 is 0. The Kier molecular flexibility index (Phi) is 8.31. The molecule has 2 heteroatoms. The number of unbranched alkanes of at least 4 members (excludes halogenated alkanes) is 3. The van der Waals surface area contributed by atoms with Gasteiger partial charge in [-0.3, -0.25) is 0 Å². The molecule has 0 amide bonds. The second kappa shape index (κ2) is 9.85. The molecule has 0 heterocycles. The molecule has 0 fully saturated rings. The van der Waals surface area contributed by atoms with E-state index in [-0.39, 0.29) is 0 Å². The van der Waals surface area contributed by atoms with Crippen LogP contribution in [0.25, 0.3) is 0 Å². The van der Waals surface area contributed by atoms with Crippen molar-refractivity contribution in [3.63, 3.8) is 0 Å². The van der Waals surface area contributed by atoms with Crippen LogP contribution in [0.5, 0.6) is 5.75 Å². The summed E-state index contributed by atoms with van der Waals surface area (Å²) in [6.45, 7) is 9.88. The first-order valence-corrected chi connectivity index (χ1v) is 7.76. The van der Waals surface area contributed by atoms with Crippen molar-refractivity contribution in [2.75, 3.05) is 19.7 Å². The van der Waals surface area contributed by atoms with Crippen LogP contribution in [-0.4, -0.2) is 19.7 Å².